The minimum absolute atomic E-state index is 0.180. The maximum Gasteiger partial charge on any atom is 0.0442 e. The van der Waals surface area contributed by atoms with Gasteiger partial charge in [-0.15, -0.1) is 0 Å². The maximum atomic E-state index is 2.34. The molecule has 0 radical (unpaired) electrons. The molecule has 1 aliphatic rings. The fourth-order valence-electron chi connectivity index (χ4n) is 2.48. The second kappa shape index (κ2) is 7.49. The first-order chi connectivity index (χ1) is 9.94. The Hall–Kier alpha value is -1.50. The van der Waals surface area contributed by atoms with E-state index >= 15 is 0 Å². The lowest BCUT2D eigenvalue weighted by atomic mass is 9.73. The molecule has 0 saturated heterocycles. The number of nitrogens with zero attached hydrogens (tertiary/aromatic N) is 1. The van der Waals surface area contributed by atoms with Gasteiger partial charge in [-0.3, -0.25) is 0 Å². The summed E-state index contributed by atoms with van der Waals surface area (Å²) in [5, 5.41) is 0. The van der Waals surface area contributed by atoms with Crippen LogP contribution in [0, 0.1) is 5.92 Å². The molecule has 0 aromatic heterocycles. The van der Waals surface area contributed by atoms with Crippen LogP contribution in [0.2, 0.25) is 0 Å². The largest absolute Gasteiger partial charge is 0.370 e. The lowest BCUT2D eigenvalue weighted by Gasteiger charge is -2.34. The number of allylic oxidation sites excluding steroid dienone is 2. The van der Waals surface area contributed by atoms with Gasteiger partial charge in [0.1, 0.15) is 0 Å². The predicted octanol–water partition coefficient (Wildman–Crippen LogP) is 5.49. The Bertz CT molecular complexity index is 506. The van der Waals surface area contributed by atoms with Crippen LogP contribution in [0.15, 0.2) is 42.5 Å². The molecule has 1 heterocycles. The Morgan fingerprint density at radius 3 is 2.29 bits per heavy atom. The Labute approximate surface area is 131 Å². The summed E-state index contributed by atoms with van der Waals surface area (Å²) in [5.41, 5.74) is 4.32. The van der Waals surface area contributed by atoms with Crippen molar-refractivity contribution in [1.29, 1.82) is 0 Å². The van der Waals surface area contributed by atoms with E-state index in [0.29, 0.717) is 5.92 Å². The molecule has 0 saturated carbocycles. The summed E-state index contributed by atoms with van der Waals surface area (Å²) in [5.74, 6) is 0.610. The van der Waals surface area contributed by atoms with Crippen LogP contribution in [0.3, 0.4) is 0 Å². The third-order valence-electron chi connectivity index (χ3n) is 4.52. The van der Waals surface area contributed by atoms with E-state index in [2.05, 4.69) is 82.1 Å². The minimum atomic E-state index is 0.180. The normalized spacial score (nSPS) is 14.7. The average Bonchev–Trinajstić information content (AvgIpc) is 2.49. The summed E-state index contributed by atoms with van der Waals surface area (Å²) in [6.07, 6.45) is 6.58. The van der Waals surface area contributed by atoms with Crippen LogP contribution >= 0.6 is 0 Å². The van der Waals surface area contributed by atoms with Crippen molar-refractivity contribution in [2.24, 2.45) is 5.92 Å². The molecule has 0 bridgehead atoms. The topological polar surface area (TPSA) is 3.24 Å². The highest BCUT2D eigenvalue weighted by atomic mass is 15.1. The molecule has 0 aliphatic carbocycles. The Kier molecular flexibility index (Phi) is 6.26. The van der Waals surface area contributed by atoms with Crippen LogP contribution in [0.5, 0.6) is 0 Å². The van der Waals surface area contributed by atoms with Gasteiger partial charge in [-0.2, -0.15) is 0 Å². The van der Waals surface area contributed by atoms with E-state index in [4.69, 9.17) is 0 Å². The van der Waals surface area contributed by atoms with Gasteiger partial charge in [-0.25, -0.2) is 0 Å². The highest BCUT2D eigenvalue weighted by molar-refractivity contribution is 5.70. The molecular formula is C20H31N. The van der Waals surface area contributed by atoms with Crippen molar-refractivity contribution in [1.82, 2.24) is 4.90 Å². The molecule has 1 aromatic carbocycles. The van der Waals surface area contributed by atoms with Crippen LogP contribution in [0.4, 0.5) is 0 Å². The summed E-state index contributed by atoms with van der Waals surface area (Å²) in [7, 11) is 2.16. The number of hydrogen-bond acceptors (Lipinski definition) is 1. The van der Waals surface area contributed by atoms with Crippen LogP contribution in [-0.4, -0.2) is 18.5 Å². The second-order valence-corrected chi connectivity index (χ2v) is 6.28. The molecule has 21 heavy (non-hydrogen) atoms. The van der Waals surface area contributed by atoms with Crippen LogP contribution in [0.1, 0.15) is 52.7 Å². The zero-order valence-electron chi connectivity index (χ0n) is 14.8. The van der Waals surface area contributed by atoms with Gasteiger partial charge >= 0.3 is 0 Å². The molecule has 0 atom stereocenters. The smallest absolute Gasteiger partial charge is 0.0442 e. The van der Waals surface area contributed by atoms with E-state index in [1.807, 2.05) is 13.8 Å². The second-order valence-electron chi connectivity index (χ2n) is 6.28. The minimum Gasteiger partial charge on any atom is -0.370 e. The fourth-order valence-corrected chi connectivity index (χ4v) is 2.48. The van der Waals surface area contributed by atoms with Gasteiger partial charge < -0.3 is 4.90 Å². The first-order valence-corrected chi connectivity index (χ1v) is 8.12. The highest BCUT2D eigenvalue weighted by Crippen LogP contribution is 2.37. The van der Waals surface area contributed by atoms with E-state index in [9.17, 15) is 0 Å². The molecular weight excluding hydrogens is 254 g/mol. The lowest BCUT2D eigenvalue weighted by molar-refractivity contribution is 0.370. The molecule has 0 fully saturated rings. The number of benzene rings is 1. The first kappa shape index (κ1) is 17.6. The van der Waals surface area contributed by atoms with Gasteiger partial charge in [0.25, 0.3) is 0 Å². The van der Waals surface area contributed by atoms with Crippen molar-refractivity contribution in [3.05, 3.63) is 53.6 Å². The summed E-state index contributed by atoms with van der Waals surface area (Å²) in [6.45, 7) is 14.3. The van der Waals surface area contributed by atoms with E-state index in [-0.39, 0.29) is 5.41 Å². The molecule has 0 spiro atoms. The van der Waals surface area contributed by atoms with Gasteiger partial charge in [-0.05, 0) is 23.0 Å². The molecule has 1 heteroatoms. The van der Waals surface area contributed by atoms with Crippen LogP contribution in [-0.2, 0) is 5.41 Å². The van der Waals surface area contributed by atoms with E-state index < -0.39 is 0 Å². The molecule has 1 aliphatic heterocycles. The van der Waals surface area contributed by atoms with Crippen LogP contribution < -0.4 is 0 Å². The highest BCUT2D eigenvalue weighted by Gasteiger charge is 2.28. The quantitative estimate of drug-likeness (QED) is 0.710. The molecule has 0 unspecified atom stereocenters. The molecule has 0 amide bonds. The Balaban J connectivity index is 0.00000106. The van der Waals surface area contributed by atoms with Crippen molar-refractivity contribution >= 4 is 5.70 Å². The zero-order valence-corrected chi connectivity index (χ0v) is 14.8. The summed E-state index contributed by atoms with van der Waals surface area (Å²) in [6, 6.07) is 8.83. The number of hydrogen-bond donors (Lipinski definition) is 0. The van der Waals surface area contributed by atoms with Gasteiger partial charge in [0.05, 0.1) is 0 Å². The Morgan fingerprint density at radius 2 is 1.71 bits per heavy atom. The van der Waals surface area contributed by atoms with Gasteiger partial charge in [0.2, 0.25) is 0 Å². The maximum absolute atomic E-state index is 2.34. The van der Waals surface area contributed by atoms with Crippen LogP contribution in [0.25, 0.3) is 5.70 Å². The average molecular weight is 285 g/mol. The fraction of sp³-hybridized carbons (Fsp3) is 0.500. The van der Waals surface area contributed by atoms with E-state index in [1.165, 1.54) is 16.8 Å². The SMILES string of the molecule is CC.CC(C)C(C)(C)c1ccccc1C1=CC=CCN1C. The molecule has 1 nitrogen and oxygen atoms in total. The van der Waals surface area contributed by atoms with Crippen molar-refractivity contribution in [3.8, 4) is 0 Å². The third-order valence-corrected chi connectivity index (χ3v) is 4.52. The lowest BCUT2D eigenvalue weighted by Crippen LogP contribution is -2.28. The van der Waals surface area contributed by atoms with Gasteiger partial charge in [-0.1, -0.05) is 78.0 Å². The zero-order chi connectivity index (χ0) is 16.0. The standard InChI is InChI=1S/C18H25N.C2H6/c1-14(2)18(3,4)16-11-7-6-10-15(16)17-12-8-9-13-19(17)5;1-2/h6-12,14H,13H2,1-5H3;1-2H3. The van der Waals surface area contributed by atoms with E-state index in [0.717, 1.165) is 6.54 Å². The molecule has 0 N–H and O–H groups in total. The van der Waals surface area contributed by atoms with Gasteiger partial charge in [0.15, 0.2) is 0 Å². The number of likely N-dealkylation sites (N-methyl/N-ethyl adjacent to an activating group) is 1. The molecule has 1 aromatic rings. The third kappa shape index (κ3) is 3.78. The Morgan fingerprint density at radius 1 is 1.10 bits per heavy atom. The van der Waals surface area contributed by atoms with Crippen molar-refractivity contribution in [3.63, 3.8) is 0 Å². The summed E-state index contributed by atoms with van der Waals surface area (Å²) in [4.78, 5) is 2.31. The van der Waals surface area contributed by atoms with Gasteiger partial charge in [0, 0.05) is 24.9 Å². The summed E-state index contributed by atoms with van der Waals surface area (Å²) < 4.78 is 0. The first-order valence-electron chi connectivity index (χ1n) is 8.12. The van der Waals surface area contributed by atoms with Crippen molar-refractivity contribution in [2.45, 2.75) is 47.0 Å². The van der Waals surface area contributed by atoms with E-state index in [1.54, 1.807) is 0 Å². The van der Waals surface area contributed by atoms with Crippen molar-refractivity contribution in [2.75, 3.05) is 13.6 Å². The molecule has 116 valence electrons. The monoisotopic (exact) mass is 285 g/mol. The predicted molar refractivity (Wildman–Crippen MR) is 95.4 cm³/mol. The number of rotatable bonds is 3. The summed E-state index contributed by atoms with van der Waals surface area (Å²) >= 11 is 0. The molecule has 2 rings (SSSR count). The van der Waals surface area contributed by atoms with Crippen molar-refractivity contribution < 1.29 is 0 Å².